The molecule has 0 unspecified atom stereocenters. The average molecular weight is 247 g/mol. The second-order valence-corrected chi connectivity index (χ2v) is 3.90. The summed E-state index contributed by atoms with van der Waals surface area (Å²) in [7, 11) is 0. The van der Waals surface area contributed by atoms with Crippen LogP contribution in [0.2, 0.25) is 0 Å². The molecule has 0 atom stereocenters. The fourth-order valence-electron chi connectivity index (χ4n) is 1.54. The summed E-state index contributed by atoms with van der Waals surface area (Å²) in [5.41, 5.74) is 1.59. The molecule has 18 heavy (non-hydrogen) atoms. The number of nitrogens with zero attached hydrogens (tertiary/aromatic N) is 2. The number of aromatic nitrogens is 4. The number of aromatic amines is 2. The van der Waals surface area contributed by atoms with E-state index in [4.69, 9.17) is 0 Å². The normalized spacial score (nSPS) is 10.3. The number of aryl methyl sites for hydroxylation is 1. The minimum Gasteiger partial charge on any atom is -0.347 e. The summed E-state index contributed by atoms with van der Waals surface area (Å²) in [6.45, 7) is 3.72. The van der Waals surface area contributed by atoms with Gasteiger partial charge in [0.2, 0.25) is 0 Å². The highest BCUT2D eigenvalue weighted by Crippen LogP contribution is 2.04. The van der Waals surface area contributed by atoms with Crippen LogP contribution in [0.15, 0.2) is 17.3 Å². The number of carbonyl (C=O) groups excluding carboxylic acids is 1. The Kier molecular flexibility index (Phi) is 3.22. The van der Waals surface area contributed by atoms with Crippen LogP contribution < -0.4 is 10.9 Å². The van der Waals surface area contributed by atoms with Crippen molar-refractivity contribution in [3.05, 3.63) is 45.4 Å². The van der Waals surface area contributed by atoms with Gasteiger partial charge in [0.05, 0.1) is 24.3 Å². The number of rotatable bonds is 3. The SMILES string of the molecule is Cc1n[nH]c(=O)c(C(=O)NCc2cnc[nH]2)c1C. The summed E-state index contributed by atoms with van der Waals surface area (Å²) >= 11 is 0. The van der Waals surface area contributed by atoms with E-state index in [0.717, 1.165) is 5.69 Å². The summed E-state index contributed by atoms with van der Waals surface area (Å²) in [6, 6.07) is 0. The van der Waals surface area contributed by atoms with Gasteiger partial charge in [-0.05, 0) is 19.4 Å². The molecule has 0 bridgehead atoms. The Hall–Kier alpha value is -2.44. The summed E-state index contributed by atoms with van der Waals surface area (Å²) in [6.07, 6.45) is 3.13. The molecule has 0 aliphatic heterocycles. The van der Waals surface area contributed by atoms with Gasteiger partial charge >= 0.3 is 0 Å². The van der Waals surface area contributed by atoms with Crippen molar-refractivity contribution < 1.29 is 4.79 Å². The molecule has 0 saturated carbocycles. The molecule has 0 fully saturated rings. The number of H-pyrrole nitrogens is 2. The zero-order chi connectivity index (χ0) is 13.1. The van der Waals surface area contributed by atoms with Gasteiger partial charge in [-0.3, -0.25) is 9.59 Å². The molecule has 2 rings (SSSR count). The van der Waals surface area contributed by atoms with E-state index in [0.29, 0.717) is 17.8 Å². The van der Waals surface area contributed by atoms with E-state index < -0.39 is 11.5 Å². The predicted molar refractivity (Wildman–Crippen MR) is 64.1 cm³/mol. The Labute approximate surface area is 103 Å². The third kappa shape index (κ3) is 2.29. The lowest BCUT2D eigenvalue weighted by Gasteiger charge is -2.06. The largest absolute Gasteiger partial charge is 0.347 e. The molecule has 7 nitrogen and oxygen atoms in total. The van der Waals surface area contributed by atoms with E-state index in [1.165, 1.54) is 6.33 Å². The van der Waals surface area contributed by atoms with Crippen molar-refractivity contribution in [1.29, 1.82) is 0 Å². The Morgan fingerprint density at radius 2 is 2.22 bits per heavy atom. The lowest BCUT2D eigenvalue weighted by Crippen LogP contribution is -2.31. The predicted octanol–water partition coefficient (Wildman–Crippen LogP) is 0.0398. The first kappa shape index (κ1) is 12.0. The van der Waals surface area contributed by atoms with E-state index in [-0.39, 0.29) is 5.56 Å². The third-order valence-electron chi connectivity index (χ3n) is 2.69. The van der Waals surface area contributed by atoms with Crippen LogP contribution in [0.25, 0.3) is 0 Å². The number of hydrogen-bond acceptors (Lipinski definition) is 4. The third-order valence-corrected chi connectivity index (χ3v) is 2.69. The van der Waals surface area contributed by atoms with E-state index in [9.17, 15) is 9.59 Å². The van der Waals surface area contributed by atoms with Crippen molar-refractivity contribution in [3.63, 3.8) is 0 Å². The quantitative estimate of drug-likeness (QED) is 0.712. The standard InChI is InChI=1S/C11H13N5O2/c1-6-7(2)15-16-11(18)9(6)10(17)13-4-8-3-12-5-14-8/h3,5H,4H2,1-2H3,(H,12,14)(H,13,17)(H,16,18). The van der Waals surface area contributed by atoms with Gasteiger partial charge in [0.25, 0.3) is 11.5 Å². The van der Waals surface area contributed by atoms with Crippen LogP contribution in [0.5, 0.6) is 0 Å². The van der Waals surface area contributed by atoms with Crippen LogP contribution in [-0.2, 0) is 6.54 Å². The van der Waals surface area contributed by atoms with Gasteiger partial charge in [-0.1, -0.05) is 0 Å². The maximum absolute atomic E-state index is 11.9. The number of hydrogen-bond donors (Lipinski definition) is 3. The van der Waals surface area contributed by atoms with Crippen molar-refractivity contribution in [2.75, 3.05) is 0 Å². The van der Waals surface area contributed by atoms with Gasteiger partial charge in [0.15, 0.2) is 0 Å². The molecular weight excluding hydrogens is 234 g/mol. The highest BCUT2D eigenvalue weighted by molar-refractivity contribution is 5.95. The highest BCUT2D eigenvalue weighted by atomic mass is 16.2. The second kappa shape index (κ2) is 4.82. The molecule has 7 heteroatoms. The molecule has 2 aromatic heterocycles. The molecule has 0 aromatic carbocycles. The van der Waals surface area contributed by atoms with E-state index in [1.807, 2.05) is 0 Å². The van der Waals surface area contributed by atoms with Crippen LogP contribution in [-0.4, -0.2) is 26.1 Å². The van der Waals surface area contributed by atoms with Gasteiger partial charge in [0, 0.05) is 6.20 Å². The Morgan fingerprint density at radius 1 is 1.44 bits per heavy atom. The van der Waals surface area contributed by atoms with Gasteiger partial charge in [-0.15, -0.1) is 0 Å². The molecule has 3 N–H and O–H groups in total. The van der Waals surface area contributed by atoms with Crippen molar-refractivity contribution in [1.82, 2.24) is 25.5 Å². The van der Waals surface area contributed by atoms with Crippen LogP contribution in [0.1, 0.15) is 27.3 Å². The van der Waals surface area contributed by atoms with Gasteiger partial charge in [-0.25, -0.2) is 10.1 Å². The zero-order valence-corrected chi connectivity index (χ0v) is 10.1. The van der Waals surface area contributed by atoms with E-state index in [2.05, 4.69) is 25.5 Å². The second-order valence-electron chi connectivity index (χ2n) is 3.90. The van der Waals surface area contributed by atoms with E-state index >= 15 is 0 Å². The molecule has 94 valence electrons. The summed E-state index contributed by atoms with van der Waals surface area (Å²) in [5.74, 6) is -0.422. The Bertz CT molecular complexity index is 615. The van der Waals surface area contributed by atoms with Crippen molar-refractivity contribution in [2.45, 2.75) is 20.4 Å². The van der Waals surface area contributed by atoms with Crippen molar-refractivity contribution in [2.24, 2.45) is 0 Å². The molecule has 1 amide bonds. The van der Waals surface area contributed by atoms with Crippen LogP contribution in [0.3, 0.4) is 0 Å². The lowest BCUT2D eigenvalue weighted by molar-refractivity contribution is 0.0948. The number of carbonyl (C=O) groups is 1. The topological polar surface area (TPSA) is 104 Å². The lowest BCUT2D eigenvalue weighted by atomic mass is 10.1. The fraction of sp³-hybridized carbons (Fsp3) is 0.273. The molecule has 2 aromatic rings. The molecule has 0 aliphatic rings. The Balaban J connectivity index is 2.19. The van der Waals surface area contributed by atoms with Gasteiger partial charge < -0.3 is 10.3 Å². The number of imidazole rings is 1. The summed E-state index contributed by atoms with van der Waals surface area (Å²) in [5, 5.41) is 8.75. The van der Waals surface area contributed by atoms with Gasteiger partial charge in [-0.2, -0.15) is 5.10 Å². The molecule has 0 spiro atoms. The average Bonchev–Trinajstić information content (AvgIpc) is 2.85. The molecular formula is C11H13N5O2. The maximum Gasteiger partial charge on any atom is 0.277 e. The van der Waals surface area contributed by atoms with E-state index in [1.54, 1.807) is 20.0 Å². The smallest absolute Gasteiger partial charge is 0.277 e. The minimum absolute atomic E-state index is 0.0991. The summed E-state index contributed by atoms with van der Waals surface area (Å²) in [4.78, 5) is 30.2. The van der Waals surface area contributed by atoms with Gasteiger partial charge in [0.1, 0.15) is 5.56 Å². The minimum atomic E-state index is -0.486. The first-order valence-corrected chi connectivity index (χ1v) is 5.41. The van der Waals surface area contributed by atoms with Crippen molar-refractivity contribution >= 4 is 5.91 Å². The first-order valence-electron chi connectivity index (χ1n) is 5.41. The summed E-state index contributed by atoms with van der Waals surface area (Å²) < 4.78 is 0. The Morgan fingerprint density at radius 3 is 2.89 bits per heavy atom. The van der Waals surface area contributed by atoms with Crippen LogP contribution in [0, 0.1) is 13.8 Å². The van der Waals surface area contributed by atoms with Crippen LogP contribution >= 0.6 is 0 Å². The first-order chi connectivity index (χ1) is 8.59. The van der Waals surface area contributed by atoms with Crippen molar-refractivity contribution in [3.8, 4) is 0 Å². The number of amides is 1. The number of nitrogens with one attached hydrogen (secondary N) is 3. The molecule has 0 aliphatic carbocycles. The fourth-order valence-corrected chi connectivity index (χ4v) is 1.54. The molecule has 0 saturated heterocycles. The highest BCUT2D eigenvalue weighted by Gasteiger charge is 2.15. The molecule has 2 heterocycles. The zero-order valence-electron chi connectivity index (χ0n) is 10.1. The monoisotopic (exact) mass is 247 g/mol. The molecule has 0 radical (unpaired) electrons. The van der Waals surface area contributed by atoms with Crippen LogP contribution in [0.4, 0.5) is 0 Å². The maximum atomic E-state index is 11.9.